The summed E-state index contributed by atoms with van der Waals surface area (Å²) in [5, 5.41) is 11.1. The van der Waals surface area contributed by atoms with Crippen molar-refractivity contribution in [2.75, 3.05) is 38.7 Å². The Labute approximate surface area is 242 Å². The number of hydrogen-bond donors (Lipinski definition) is 1. The molecule has 41 heavy (non-hydrogen) atoms. The summed E-state index contributed by atoms with van der Waals surface area (Å²) in [7, 11) is -1.64. The molecule has 5 atom stereocenters. The number of nitriles is 1. The van der Waals surface area contributed by atoms with Crippen LogP contribution in [0.2, 0.25) is 0 Å². The van der Waals surface area contributed by atoms with Crippen LogP contribution in [0.5, 0.6) is 0 Å². The lowest BCUT2D eigenvalue weighted by Crippen LogP contribution is -2.41. The smallest absolute Gasteiger partial charge is 0.351 e. The molecular formula is C26H41N6O8P. The number of hydrogen-bond acceptors (Lipinski definition) is 11. The van der Waals surface area contributed by atoms with Gasteiger partial charge in [0.1, 0.15) is 38.2 Å². The fourth-order valence-electron chi connectivity index (χ4n) is 4.21. The number of anilines is 1. The lowest BCUT2D eigenvalue weighted by Gasteiger charge is -2.38. The van der Waals surface area contributed by atoms with E-state index < -0.39 is 38.8 Å². The second kappa shape index (κ2) is 18.1. The van der Waals surface area contributed by atoms with E-state index in [0.29, 0.717) is 6.42 Å². The SMILES string of the molecule is [C-]#[N+]CCOP(O[C@H]1C(CC)OC(n2ccc(NC(C)=O)nc2=O)C1OCOCOCCC#N)N(C(C)C)C(C)C. The second-order valence-electron chi connectivity index (χ2n) is 9.63. The van der Waals surface area contributed by atoms with Crippen LogP contribution in [0.25, 0.3) is 4.85 Å². The zero-order valence-corrected chi connectivity index (χ0v) is 25.4. The van der Waals surface area contributed by atoms with Crippen LogP contribution in [0.3, 0.4) is 0 Å². The molecule has 14 nitrogen and oxygen atoms in total. The predicted molar refractivity (Wildman–Crippen MR) is 150 cm³/mol. The van der Waals surface area contributed by atoms with Crippen molar-refractivity contribution in [2.45, 2.75) is 91.0 Å². The van der Waals surface area contributed by atoms with Crippen molar-refractivity contribution in [3.05, 3.63) is 34.2 Å². The Morgan fingerprint density at radius 1 is 1.27 bits per heavy atom. The lowest BCUT2D eigenvalue weighted by atomic mass is 10.1. The lowest BCUT2D eigenvalue weighted by molar-refractivity contribution is -0.174. The molecule has 1 aromatic heterocycles. The molecule has 2 heterocycles. The molecule has 1 saturated heterocycles. The highest BCUT2D eigenvalue weighted by atomic mass is 31.2. The topological polar surface area (TPSA) is 151 Å². The van der Waals surface area contributed by atoms with Crippen molar-refractivity contribution in [1.29, 1.82) is 5.26 Å². The fourth-order valence-corrected chi connectivity index (χ4v) is 5.97. The second-order valence-corrected chi connectivity index (χ2v) is 11.0. The van der Waals surface area contributed by atoms with Crippen molar-refractivity contribution in [2.24, 2.45) is 0 Å². The summed E-state index contributed by atoms with van der Waals surface area (Å²) in [5.74, 6) is -0.235. The summed E-state index contributed by atoms with van der Waals surface area (Å²) in [5.41, 5.74) is -0.646. The van der Waals surface area contributed by atoms with E-state index in [9.17, 15) is 9.59 Å². The van der Waals surface area contributed by atoms with E-state index in [4.69, 9.17) is 39.8 Å². The average Bonchev–Trinajstić information content (AvgIpc) is 3.24. The molecule has 1 amide bonds. The summed E-state index contributed by atoms with van der Waals surface area (Å²) < 4.78 is 39.3. The monoisotopic (exact) mass is 596 g/mol. The number of nitrogens with one attached hydrogen (secondary N) is 1. The quantitative estimate of drug-likeness (QED) is 0.115. The molecule has 1 fully saturated rings. The molecule has 0 aliphatic carbocycles. The van der Waals surface area contributed by atoms with E-state index in [1.807, 2.05) is 40.7 Å². The van der Waals surface area contributed by atoms with Gasteiger partial charge in [-0.3, -0.25) is 9.36 Å². The van der Waals surface area contributed by atoms with Gasteiger partial charge in [0, 0.05) is 25.2 Å². The Hall–Kier alpha value is -2.52. The maximum Gasteiger partial charge on any atom is 0.351 e. The van der Waals surface area contributed by atoms with Crippen LogP contribution >= 0.6 is 8.53 Å². The average molecular weight is 597 g/mol. The largest absolute Gasteiger partial charge is 0.354 e. The zero-order valence-electron chi connectivity index (χ0n) is 24.5. The normalized spacial score (nSPS) is 21.2. The molecule has 0 radical (unpaired) electrons. The van der Waals surface area contributed by atoms with Crippen LogP contribution < -0.4 is 11.0 Å². The van der Waals surface area contributed by atoms with Crippen LogP contribution in [0, 0.1) is 17.9 Å². The number of amides is 1. The molecule has 0 aromatic carbocycles. The van der Waals surface area contributed by atoms with Gasteiger partial charge in [0.15, 0.2) is 6.23 Å². The van der Waals surface area contributed by atoms with Gasteiger partial charge in [0.2, 0.25) is 12.5 Å². The number of carbonyl (C=O) groups excluding carboxylic acids is 1. The standard InChI is InChI=1S/C26H41N6O8P/c1-8-21-23(40-41(38-15-12-28-7)32(18(2)3)19(4)5)24(37-17-36-16-35-14-9-11-27)25(39-21)31-13-10-22(29-20(6)33)30-26(31)34/h10,13,18-19,21,23-25H,8-9,12,14-17H2,1-6H3,(H,29,30,33,34)/t21?,23-,24?,25?,41?/m0/s1. The molecular weight excluding hydrogens is 555 g/mol. The van der Waals surface area contributed by atoms with E-state index in [2.05, 4.69) is 19.8 Å². The van der Waals surface area contributed by atoms with E-state index in [-0.39, 0.29) is 63.6 Å². The summed E-state index contributed by atoms with van der Waals surface area (Å²) in [6.45, 7) is 18.9. The first kappa shape index (κ1) is 34.7. The van der Waals surface area contributed by atoms with Crippen LogP contribution in [0.1, 0.15) is 60.6 Å². The van der Waals surface area contributed by atoms with Gasteiger partial charge >= 0.3 is 5.69 Å². The summed E-state index contributed by atoms with van der Waals surface area (Å²) >= 11 is 0. The highest BCUT2D eigenvalue weighted by molar-refractivity contribution is 7.44. The fraction of sp³-hybridized carbons (Fsp3) is 0.731. The molecule has 1 N–H and O–H groups in total. The number of rotatable bonds is 18. The molecule has 0 saturated carbocycles. The number of carbonyl (C=O) groups is 1. The first-order chi connectivity index (χ1) is 19.6. The summed E-state index contributed by atoms with van der Waals surface area (Å²) in [6, 6.07) is 3.64. The van der Waals surface area contributed by atoms with Gasteiger partial charge in [0.25, 0.3) is 8.53 Å². The van der Waals surface area contributed by atoms with Crippen molar-refractivity contribution in [3.63, 3.8) is 0 Å². The Balaban J connectivity index is 2.38. The highest BCUT2D eigenvalue weighted by Crippen LogP contribution is 2.50. The molecule has 228 valence electrons. The van der Waals surface area contributed by atoms with Gasteiger partial charge in [-0.15, -0.1) is 0 Å². The predicted octanol–water partition coefficient (Wildman–Crippen LogP) is 3.42. The van der Waals surface area contributed by atoms with Gasteiger partial charge in [-0.25, -0.2) is 16.0 Å². The van der Waals surface area contributed by atoms with E-state index >= 15 is 0 Å². The molecule has 0 spiro atoms. The van der Waals surface area contributed by atoms with Crippen LogP contribution in [-0.4, -0.2) is 83.9 Å². The van der Waals surface area contributed by atoms with Crippen molar-refractivity contribution < 1.29 is 32.8 Å². The zero-order chi connectivity index (χ0) is 30.4. The first-order valence-corrected chi connectivity index (χ1v) is 14.6. The van der Waals surface area contributed by atoms with Crippen LogP contribution in [0.4, 0.5) is 5.82 Å². The highest BCUT2D eigenvalue weighted by Gasteiger charge is 2.49. The number of ether oxygens (including phenoxy) is 4. The van der Waals surface area contributed by atoms with Crippen molar-refractivity contribution in [3.8, 4) is 6.07 Å². The van der Waals surface area contributed by atoms with E-state index in [1.54, 1.807) is 0 Å². The molecule has 0 bridgehead atoms. The third kappa shape index (κ3) is 10.7. The Bertz CT molecular complexity index is 1080. The molecule has 1 aromatic rings. The van der Waals surface area contributed by atoms with E-state index in [0.717, 1.165) is 0 Å². The molecule has 15 heteroatoms. The van der Waals surface area contributed by atoms with Crippen molar-refractivity contribution in [1.82, 2.24) is 14.2 Å². The molecule has 1 aliphatic rings. The Kier molecular flexibility index (Phi) is 15.3. The van der Waals surface area contributed by atoms with Crippen LogP contribution in [-0.2, 0) is 32.8 Å². The maximum atomic E-state index is 13.0. The van der Waals surface area contributed by atoms with Crippen molar-refractivity contribution >= 4 is 20.3 Å². The maximum absolute atomic E-state index is 13.0. The minimum Gasteiger partial charge on any atom is -0.354 e. The number of aromatic nitrogens is 2. The molecule has 2 rings (SSSR count). The minimum atomic E-state index is -1.64. The van der Waals surface area contributed by atoms with Gasteiger partial charge in [-0.2, -0.15) is 10.2 Å². The summed E-state index contributed by atoms with van der Waals surface area (Å²) in [6.07, 6.45) is -0.637. The Morgan fingerprint density at radius 3 is 2.59 bits per heavy atom. The van der Waals surface area contributed by atoms with E-state index in [1.165, 1.54) is 23.8 Å². The Morgan fingerprint density at radius 2 is 2.00 bits per heavy atom. The first-order valence-electron chi connectivity index (χ1n) is 13.5. The van der Waals surface area contributed by atoms with Crippen LogP contribution in [0.15, 0.2) is 17.1 Å². The number of nitrogens with zero attached hydrogens (tertiary/aromatic N) is 5. The molecule has 1 aliphatic heterocycles. The van der Waals surface area contributed by atoms with Gasteiger partial charge in [-0.05, 0) is 40.2 Å². The van der Waals surface area contributed by atoms with Gasteiger partial charge in [-0.1, -0.05) is 6.92 Å². The summed E-state index contributed by atoms with van der Waals surface area (Å²) in [4.78, 5) is 31.8. The molecule has 4 unspecified atom stereocenters. The third-order valence-electron chi connectivity index (χ3n) is 5.83. The van der Waals surface area contributed by atoms with Gasteiger partial charge < -0.3 is 38.2 Å². The minimum absolute atomic E-state index is 0.0775. The third-order valence-corrected chi connectivity index (χ3v) is 7.96. The van der Waals surface area contributed by atoms with Gasteiger partial charge in [0.05, 0.1) is 25.2 Å².